The highest BCUT2D eigenvalue weighted by atomic mass is 19.1. The second kappa shape index (κ2) is 5.90. The molecular formula is C13H13FN4O. The number of hydrogen-bond acceptors (Lipinski definition) is 3. The summed E-state index contributed by atoms with van der Waals surface area (Å²) in [4.78, 5) is 15.6. The minimum absolute atomic E-state index is 0.125. The van der Waals surface area contributed by atoms with Crippen LogP contribution in [0.1, 0.15) is 11.4 Å². The molecule has 1 aromatic heterocycles. The van der Waals surface area contributed by atoms with E-state index in [4.69, 9.17) is 0 Å². The Kier molecular flexibility index (Phi) is 4.02. The summed E-state index contributed by atoms with van der Waals surface area (Å²) in [6.45, 7) is 1.93. The van der Waals surface area contributed by atoms with E-state index in [1.807, 2.05) is 0 Å². The van der Waals surface area contributed by atoms with Crippen LogP contribution >= 0.6 is 0 Å². The van der Waals surface area contributed by atoms with Crippen molar-refractivity contribution in [2.24, 2.45) is 5.10 Å². The van der Waals surface area contributed by atoms with E-state index < -0.39 is 0 Å². The molecule has 0 saturated heterocycles. The number of rotatable bonds is 4. The minimum atomic E-state index is -0.383. The molecule has 0 aliphatic carbocycles. The first kappa shape index (κ1) is 12.9. The van der Waals surface area contributed by atoms with E-state index in [9.17, 15) is 9.18 Å². The summed E-state index contributed by atoms with van der Waals surface area (Å²) in [6, 6.07) is 6.19. The van der Waals surface area contributed by atoms with E-state index in [1.54, 1.807) is 42.1 Å². The molecule has 19 heavy (non-hydrogen) atoms. The summed E-state index contributed by atoms with van der Waals surface area (Å²) in [5.41, 5.74) is 2.66. The van der Waals surface area contributed by atoms with Crippen LogP contribution in [0.5, 0.6) is 0 Å². The zero-order chi connectivity index (χ0) is 13.7. The van der Waals surface area contributed by atoms with Gasteiger partial charge in [0.2, 0.25) is 0 Å². The molecule has 0 spiro atoms. The molecule has 1 amide bonds. The molecule has 0 aliphatic rings. The highest BCUT2D eigenvalue weighted by Gasteiger charge is 2.03. The summed E-state index contributed by atoms with van der Waals surface area (Å²) in [6.07, 6.45) is 4.59. The summed E-state index contributed by atoms with van der Waals surface area (Å²) in [5, 5.41) is 3.71. The molecule has 0 fully saturated rings. The van der Waals surface area contributed by atoms with Crippen molar-refractivity contribution in [2.75, 3.05) is 0 Å². The number of amides is 1. The normalized spacial score (nSPS) is 10.8. The van der Waals surface area contributed by atoms with E-state index in [0.717, 1.165) is 5.82 Å². The lowest BCUT2D eigenvalue weighted by molar-refractivity contribution is -0.121. The smallest absolute Gasteiger partial charge is 0.260 e. The second-order valence-corrected chi connectivity index (χ2v) is 3.92. The van der Waals surface area contributed by atoms with Gasteiger partial charge < -0.3 is 4.57 Å². The van der Waals surface area contributed by atoms with Crippen molar-refractivity contribution in [2.45, 2.75) is 13.5 Å². The average molecular weight is 260 g/mol. The molecular weight excluding hydrogens is 247 g/mol. The molecule has 2 rings (SSSR count). The Morgan fingerprint density at radius 3 is 3.00 bits per heavy atom. The number of halogens is 1. The lowest BCUT2D eigenvalue weighted by atomic mass is 10.2. The van der Waals surface area contributed by atoms with Gasteiger partial charge in [-0.3, -0.25) is 4.79 Å². The van der Waals surface area contributed by atoms with Crippen LogP contribution in [0.2, 0.25) is 0 Å². The van der Waals surface area contributed by atoms with Crippen molar-refractivity contribution < 1.29 is 9.18 Å². The van der Waals surface area contributed by atoms with Gasteiger partial charge in [0, 0.05) is 18.0 Å². The van der Waals surface area contributed by atoms with Gasteiger partial charge in [0.25, 0.3) is 5.91 Å². The van der Waals surface area contributed by atoms with Gasteiger partial charge in [0.05, 0.1) is 6.21 Å². The van der Waals surface area contributed by atoms with Crippen LogP contribution in [0.15, 0.2) is 41.8 Å². The number of benzene rings is 1. The molecule has 5 nitrogen and oxygen atoms in total. The average Bonchev–Trinajstić information content (AvgIpc) is 2.77. The first-order valence-electron chi connectivity index (χ1n) is 5.71. The SMILES string of the molecule is Cc1nccn1CC(=O)N/N=C\c1ccccc1F. The van der Waals surface area contributed by atoms with Crippen molar-refractivity contribution in [3.63, 3.8) is 0 Å². The number of nitrogens with zero attached hydrogens (tertiary/aromatic N) is 3. The highest BCUT2D eigenvalue weighted by Crippen LogP contribution is 2.02. The summed E-state index contributed by atoms with van der Waals surface area (Å²) in [5.74, 6) is 0.0628. The second-order valence-electron chi connectivity index (χ2n) is 3.92. The maximum Gasteiger partial charge on any atom is 0.260 e. The molecule has 0 unspecified atom stereocenters. The van der Waals surface area contributed by atoms with Crippen LogP contribution in [-0.2, 0) is 11.3 Å². The molecule has 0 aliphatic heterocycles. The van der Waals surface area contributed by atoms with Crippen LogP contribution in [0.3, 0.4) is 0 Å². The molecule has 1 aromatic carbocycles. The topological polar surface area (TPSA) is 59.3 Å². The van der Waals surface area contributed by atoms with Crippen molar-refractivity contribution in [3.8, 4) is 0 Å². The van der Waals surface area contributed by atoms with Gasteiger partial charge in [-0.15, -0.1) is 0 Å². The third kappa shape index (κ3) is 3.48. The first-order valence-corrected chi connectivity index (χ1v) is 5.71. The Hall–Kier alpha value is -2.50. The lowest BCUT2D eigenvalue weighted by Gasteiger charge is -2.03. The zero-order valence-corrected chi connectivity index (χ0v) is 10.4. The fraction of sp³-hybridized carbons (Fsp3) is 0.154. The number of aromatic nitrogens is 2. The van der Waals surface area contributed by atoms with Gasteiger partial charge >= 0.3 is 0 Å². The van der Waals surface area contributed by atoms with Crippen LogP contribution in [0.4, 0.5) is 4.39 Å². The Labute approximate surface area is 109 Å². The fourth-order valence-electron chi connectivity index (χ4n) is 1.51. The molecule has 0 atom stereocenters. The standard InChI is InChI=1S/C13H13FN4O/c1-10-15-6-7-18(10)9-13(19)17-16-8-11-4-2-3-5-12(11)14/h2-8H,9H2,1H3,(H,17,19)/b16-8-. The van der Waals surface area contributed by atoms with Gasteiger partial charge in [-0.25, -0.2) is 14.8 Å². The highest BCUT2D eigenvalue weighted by molar-refractivity contribution is 5.82. The van der Waals surface area contributed by atoms with E-state index in [0.29, 0.717) is 5.56 Å². The Bertz CT molecular complexity index is 606. The lowest BCUT2D eigenvalue weighted by Crippen LogP contribution is -2.23. The predicted molar refractivity (Wildman–Crippen MR) is 69.1 cm³/mol. The number of carbonyl (C=O) groups excluding carboxylic acids is 1. The summed E-state index contributed by atoms with van der Waals surface area (Å²) < 4.78 is 14.9. The molecule has 1 heterocycles. The largest absolute Gasteiger partial charge is 0.326 e. The molecule has 1 N–H and O–H groups in total. The Morgan fingerprint density at radius 2 is 2.32 bits per heavy atom. The van der Waals surface area contributed by atoms with Crippen LogP contribution in [0.25, 0.3) is 0 Å². The van der Waals surface area contributed by atoms with Crippen molar-refractivity contribution in [3.05, 3.63) is 53.9 Å². The molecule has 6 heteroatoms. The van der Waals surface area contributed by atoms with E-state index >= 15 is 0 Å². The summed E-state index contributed by atoms with van der Waals surface area (Å²) in [7, 11) is 0. The van der Waals surface area contributed by atoms with Crippen molar-refractivity contribution in [1.29, 1.82) is 0 Å². The van der Waals surface area contributed by atoms with Gasteiger partial charge in [0.1, 0.15) is 18.2 Å². The zero-order valence-electron chi connectivity index (χ0n) is 10.4. The van der Waals surface area contributed by atoms with E-state index in [-0.39, 0.29) is 18.3 Å². The van der Waals surface area contributed by atoms with Crippen molar-refractivity contribution >= 4 is 12.1 Å². The maximum absolute atomic E-state index is 13.3. The number of carbonyl (C=O) groups is 1. The number of imidazole rings is 1. The Morgan fingerprint density at radius 1 is 1.53 bits per heavy atom. The summed E-state index contributed by atoms with van der Waals surface area (Å²) >= 11 is 0. The minimum Gasteiger partial charge on any atom is -0.326 e. The number of hydrogen-bond donors (Lipinski definition) is 1. The monoisotopic (exact) mass is 260 g/mol. The fourth-order valence-corrected chi connectivity index (χ4v) is 1.51. The molecule has 0 bridgehead atoms. The molecule has 0 radical (unpaired) electrons. The maximum atomic E-state index is 13.3. The molecule has 2 aromatic rings. The van der Waals surface area contributed by atoms with Gasteiger partial charge in [-0.1, -0.05) is 18.2 Å². The molecule has 98 valence electrons. The quantitative estimate of drug-likeness (QED) is 0.668. The van der Waals surface area contributed by atoms with E-state index in [2.05, 4.69) is 15.5 Å². The van der Waals surface area contributed by atoms with Crippen LogP contribution in [-0.4, -0.2) is 21.7 Å². The first-order chi connectivity index (χ1) is 9.16. The number of hydrazone groups is 1. The third-order valence-electron chi connectivity index (χ3n) is 2.54. The number of aryl methyl sites for hydroxylation is 1. The predicted octanol–water partition coefficient (Wildman–Crippen LogP) is 1.48. The van der Waals surface area contributed by atoms with Gasteiger partial charge in [-0.05, 0) is 13.0 Å². The van der Waals surface area contributed by atoms with Gasteiger partial charge in [0.15, 0.2) is 0 Å². The third-order valence-corrected chi connectivity index (χ3v) is 2.54. The molecule has 0 saturated carbocycles. The Balaban J connectivity index is 1.91. The van der Waals surface area contributed by atoms with Crippen LogP contribution < -0.4 is 5.43 Å². The number of nitrogens with one attached hydrogen (secondary N) is 1. The van der Waals surface area contributed by atoms with Gasteiger partial charge in [-0.2, -0.15) is 5.10 Å². The van der Waals surface area contributed by atoms with Crippen molar-refractivity contribution in [1.82, 2.24) is 15.0 Å². The van der Waals surface area contributed by atoms with Crippen LogP contribution in [0, 0.1) is 12.7 Å². The van der Waals surface area contributed by atoms with E-state index in [1.165, 1.54) is 12.3 Å².